The maximum atomic E-state index is 12.1. The monoisotopic (exact) mass is 424 g/mol. The van der Waals surface area contributed by atoms with E-state index >= 15 is 0 Å². The molecule has 1 N–H and O–H groups in total. The first-order valence-electron chi connectivity index (χ1n) is 11.8. The normalized spacial score (nSPS) is 21.7. The first-order chi connectivity index (χ1) is 15.0. The van der Waals surface area contributed by atoms with Crippen LogP contribution in [0.25, 0.3) is 0 Å². The summed E-state index contributed by atoms with van der Waals surface area (Å²) in [5.41, 5.74) is 4.32. The molecule has 0 bridgehead atoms. The van der Waals surface area contributed by atoms with Gasteiger partial charge in [-0.25, -0.2) is 4.98 Å². The second-order valence-corrected chi connectivity index (χ2v) is 9.18. The first-order valence-corrected chi connectivity index (χ1v) is 11.8. The van der Waals surface area contributed by atoms with Crippen molar-refractivity contribution in [3.63, 3.8) is 0 Å². The van der Waals surface area contributed by atoms with Crippen LogP contribution in [-0.2, 0) is 17.6 Å². The molecule has 1 aromatic carbocycles. The Kier molecular flexibility index (Phi) is 6.96. The molecule has 2 fully saturated rings. The number of carbonyl (C=O) groups is 1. The molecule has 1 amide bonds. The highest BCUT2D eigenvalue weighted by Crippen LogP contribution is 2.31. The van der Waals surface area contributed by atoms with Crippen LogP contribution in [0.2, 0.25) is 0 Å². The number of nitrogens with one attached hydrogen (secondary N) is 1. The maximum absolute atomic E-state index is 12.1. The summed E-state index contributed by atoms with van der Waals surface area (Å²) in [4.78, 5) is 21.4. The summed E-state index contributed by atoms with van der Waals surface area (Å²) in [5.74, 6) is 2.00. The fourth-order valence-electron chi connectivity index (χ4n) is 4.96. The number of hydrogen-bond donors (Lipinski definition) is 1. The Morgan fingerprint density at radius 3 is 2.65 bits per heavy atom. The summed E-state index contributed by atoms with van der Waals surface area (Å²) in [6.45, 7) is 12.0. The Hall–Kier alpha value is -2.34. The van der Waals surface area contributed by atoms with Crippen LogP contribution in [0.1, 0.15) is 49.0 Å². The number of aryl methyl sites for hydroxylation is 2. The molecule has 2 aromatic rings. The van der Waals surface area contributed by atoms with Crippen molar-refractivity contribution in [1.82, 2.24) is 15.2 Å². The Balaban J connectivity index is 1.13. The summed E-state index contributed by atoms with van der Waals surface area (Å²) in [7, 11) is 0. The first kappa shape index (κ1) is 21.9. The molecule has 6 nitrogen and oxygen atoms in total. The molecule has 168 valence electrons. The van der Waals surface area contributed by atoms with Crippen LogP contribution in [0.4, 0.5) is 5.69 Å². The van der Waals surface area contributed by atoms with Gasteiger partial charge in [-0.15, -0.1) is 0 Å². The van der Waals surface area contributed by atoms with E-state index in [2.05, 4.69) is 52.1 Å². The van der Waals surface area contributed by atoms with Gasteiger partial charge in [-0.05, 0) is 69.2 Å². The molecule has 1 aliphatic carbocycles. The van der Waals surface area contributed by atoms with Crippen LogP contribution >= 0.6 is 0 Å². The van der Waals surface area contributed by atoms with E-state index in [0.717, 1.165) is 57.1 Å². The van der Waals surface area contributed by atoms with E-state index in [0.29, 0.717) is 11.9 Å². The molecular weight excluding hydrogens is 388 g/mol. The van der Waals surface area contributed by atoms with E-state index in [-0.39, 0.29) is 12.3 Å². The average Bonchev–Trinajstić information content (AvgIpc) is 3.14. The Morgan fingerprint density at radius 2 is 1.97 bits per heavy atom. The highest BCUT2D eigenvalue weighted by molar-refractivity contribution is 5.78. The fraction of sp³-hybridized carbons (Fsp3) is 0.600. The number of hydrogen-bond acceptors (Lipinski definition) is 5. The third-order valence-corrected chi connectivity index (χ3v) is 6.95. The van der Waals surface area contributed by atoms with E-state index < -0.39 is 0 Å². The zero-order chi connectivity index (χ0) is 21.8. The zero-order valence-electron chi connectivity index (χ0n) is 19.2. The van der Waals surface area contributed by atoms with Crippen molar-refractivity contribution >= 4 is 11.6 Å². The van der Waals surface area contributed by atoms with Gasteiger partial charge in [0.2, 0.25) is 11.8 Å². The number of amides is 1. The summed E-state index contributed by atoms with van der Waals surface area (Å²) in [6.07, 6.45) is 6.42. The van der Waals surface area contributed by atoms with Gasteiger partial charge < -0.3 is 14.6 Å². The second kappa shape index (κ2) is 9.86. The van der Waals surface area contributed by atoms with E-state index in [4.69, 9.17) is 4.42 Å². The minimum absolute atomic E-state index is 0.0175. The predicted octanol–water partition coefficient (Wildman–Crippen LogP) is 3.50. The van der Waals surface area contributed by atoms with E-state index in [1.807, 2.05) is 6.92 Å². The van der Waals surface area contributed by atoms with Gasteiger partial charge in [-0.2, -0.15) is 0 Å². The van der Waals surface area contributed by atoms with Gasteiger partial charge in [-0.3, -0.25) is 9.69 Å². The molecule has 1 aliphatic heterocycles. The number of piperazine rings is 1. The molecule has 2 aliphatic rings. The Morgan fingerprint density at radius 1 is 1.19 bits per heavy atom. The fourth-order valence-corrected chi connectivity index (χ4v) is 4.96. The molecule has 1 aromatic heterocycles. The number of carbonyl (C=O) groups excluding carboxylic acids is 1. The molecule has 0 unspecified atom stereocenters. The summed E-state index contributed by atoms with van der Waals surface area (Å²) < 4.78 is 5.39. The molecule has 31 heavy (non-hydrogen) atoms. The van der Waals surface area contributed by atoms with Crippen LogP contribution in [0.15, 0.2) is 28.8 Å². The van der Waals surface area contributed by atoms with Crippen molar-refractivity contribution in [2.45, 2.75) is 58.9 Å². The highest BCUT2D eigenvalue weighted by atomic mass is 16.4. The Bertz CT molecular complexity index is 879. The second-order valence-electron chi connectivity index (χ2n) is 9.18. The molecular formula is C25H36N4O2. The van der Waals surface area contributed by atoms with Gasteiger partial charge in [0, 0.05) is 37.9 Å². The van der Waals surface area contributed by atoms with Crippen molar-refractivity contribution in [2.24, 2.45) is 5.92 Å². The van der Waals surface area contributed by atoms with Gasteiger partial charge >= 0.3 is 0 Å². The third kappa shape index (κ3) is 5.48. The number of benzene rings is 1. The number of oxazole rings is 1. The van der Waals surface area contributed by atoms with Gasteiger partial charge in [-0.1, -0.05) is 19.1 Å². The maximum Gasteiger partial charge on any atom is 0.229 e. The number of nitrogens with zero attached hydrogens (tertiary/aromatic N) is 3. The van der Waals surface area contributed by atoms with Crippen molar-refractivity contribution in [3.8, 4) is 0 Å². The topological polar surface area (TPSA) is 61.6 Å². The van der Waals surface area contributed by atoms with E-state index in [9.17, 15) is 4.79 Å². The molecule has 0 radical (unpaired) electrons. The van der Waals surface area contributed by atoms with Crippen molar-refractivity contribution in [2.75, 3.05) is 37.6 Å². The lowest BCUT2D eigenvalue weighted by Crippen LogP contribution is -2.48. The minimum Gasteiger partial charge on any atom is -0.445 e. The quantitative estimate of drug-likeness (QED) is 0.703. The SMILES string of the molecule is CCc1cccc(N2CCN(CCC3CC(NC(=O)Cc4ncc(C)o4)C3)CC2)c1C. The lowest BCUT2D eigenvalue weighted by Gasteiger charge is -2.40. The van der Waals surface area contributed by atoms with E-state index in [1.165, 1.54) is 29.8 Å². The van der Waals surface area contributed by atoms with E-state index in [1.54, 1.807) is 6.20 Å². The van der Waals surface area contributed by atoms with Crippen molar-refractivity contribution in [3.05, 3.63) is 47.2 Å². The molecule has 0 spiro atoms. The molecule has 1 saturated carbocycles. The number of rotatable bonds is 8. The van der Waals surface area contributed by atoms with Crippen LogP contribution in [0.5, 0.6) is 0 Å². The van der Waals surface area contributed by atoms with Crippen LogP contribution in [0, 0.1) is 19.8 Å². The largest absolute Gasteiger partial charge is 0.445 e. The molecule has 1 saturated heterocycles. The summed E-state index contributed by atoms with van der Waals surface area (Å²) in [6, 6.07) is 7.04. The van der Waals surface area contributed by atoms with Crippen LogP contribution in [0.3, 0.4) is 0 Å². The van der Waals surface area contributed by atoms with Gasteiger partial charge in [0.1, 0.15) is 12.2 Å². The zero-order valence-corrected chi connectivity index (χ0v) is 19.2. The predicted molar refractivity (Wildman–Crippen MR) is 123 cm³/mol. The summed E-state index contributed by atoms with van der Waals surface area (Å²) >= 11 is 0. The highest BCUT2D eigenvalue weighted by Gasteiger charge is 2.31. The molecule has 2 heterocycles. The smallest absolute Gasteiger partial charge is 0.229 e. The standard InChI is InChI=1S/C25H36N4O2/c1-4-21-6-5-7-23(19(21)3)29-12-10-28(11-13-29)9-8-20-14-22(15-20)27-24(30)16-25-26-17-18(2)31-25/h5-7,17,20,22H,4,8-16H2,1-3H3,(H,27,30). The lowest BCUT2D eigenvalue weighted by atomic mass is 9.78. The summed E-state index contributed by atoms with van der Waals surface area (Å²) in [5, 5.41) is 3.12. The van der Waals surface area contributed by atoms with Crippen LogP contribution < -0.4 is 10.2 Å². The molecule has 6 heteroatoms. The van der Waals surface area contributed by atoms with Gasteiger partial charge in [0.05, 0.1) is 6.20 Å². The third-order valence-electron chi connectivity index (χ3n) is 6.95. The lowest BCUT2D eigenvalue weighted by molar-refractivity contribution is -0.122. The molecule has 4 rings (SSSR count). The van der Waals surface area contributed by atoms with Crippen molar-refractivity contribution in [1.29, 1.82) is 0 Å². The van der Waals surface area contributed by atoms with Gasteiger partial charge in [0.25, 0.3) is 0 Å². The molecule has 0 atom stereocenters. The number of aromatic nitrogens is 1. The number of anilines is 1. The van der Waals surface area contributed by atoms with Crippen LogP contribution in [-0.4, -0.2) is 54.6 Å². The Labute approximate surface area is 186 Å². The van der Waals surface area contributed by atoms with Crippen molar-refractivity contribution < 1.29 is 9.21 Å². The minimum atomic E-state index is 0.0175. The van der Waals surface area contributed by atoms with Gasteiger partial charge in [0.15, 0.2) is 0 Å². The average molecular weight is 425 g/mol.